The van der Waals surface area contributed by atoms with Crippen molar-refractivity contribution in [1.29, 1.82) is 0 Å². The standard InChI is InChI=1S/C22H28N8O3/c1-14-11-22(21(32)30(14)18-12-33-20(31)15(18)2)8-5-16(6-9-22)23-10-7-17-3-4-19(26-25-17)29-13-24-27-28-29/h3-4,13-14,16,23H,5-12H2,1-2H3. The molecule has 4 heterocycles. The molecule has 11 nitrogen and oxygen atoms in total. The van der Waals surface area contributed by atoms with Crippen LogP contribution in [0.5, 0.6) is 0 Å². The first-order valence-electron chi connectivity index (χ1n) is 11.5. The van der Waals surface area contributed by atoms with E-state index in [2.05, 4.69) is 38.0 Å². The highest BCUT2D eigenvalue weighted by atomic mass is 16.5. The molecule has 1 amide bonds. The maximum atomic E-state index is 13.4. The second-order valence-corrected chi connectivity index (χ2v) is 9.27. The molecule has 1 aliphatic carbocycles. The van der Waals surface area contributed by atoms with Crippen LogP contribution < -0.4 is 5.32 Å². The van der Waals surface area contributed by atoms with E-state index in [1.165, 1.54) is 11.0 Å². The second-order valence-electron chi connectivity index (χ2n) is 9.27. The van der Waals surface area contributed by atoms with E-state index in [1.807, 2.05) is 17.0 Å². The summed E-state index contributed by atoms with van der Waals surface area (Å²) in [7, 11) is 0. The lowest BCUT2D eigenvalue weighted by Gasteiger charge is -2.36. The molecule has 3 aliphatic rings. The lowest BCUT2D eigenvalue weighted by atomic mass is 9.70. The molecule has 0 bridgehead atoms. The summed E-state index contributed by atoms with van der Waals surface area (Å²) in [5.41, 5.74) is 1.91. The third kappa shape index (κ3) is 4.01. The Kier molecular flexibility index (Phi) is 5.65. The van der Waals surface area contributed by atoms with Crippen molar-refractivity contribution in [3.8, 4) is 5.82 Å². The maximum absolute atomic E-state index is 13.4. The Balaban J connectivity index is 1.12. The first-order chi connectivity index (χ1) is 16.0. The monoisotopic (exact) mass is 452 g/mol. The van der Waals surface area contributed by atoms with E-state index >= 15 is 0 Å². The number of rotatable bonds is 6. The van der Waals surface area contributed by atoms with E-state index in [1.54, 1.807) is 6.92 Å². The van der Waals surface area contributed by atoms with Gasteiger partial charge < -0.3 is 15.0 Å². The van der Waals surface area contributed by atoms with Crippen LogP contribution in [0.15, 0.2) is 29.7 Å². The molecule has 0 aromatic carbocycles. The number of carbonyl (C=O) groups is 2. The van der Waals surface area contributed by atoms with E-state index in [4.69, 9.17) is 4.74 Å². The van der Waals surface area contributed by atoms with Gasteiger partial charge in [-0.05, 0) is 68.5 Å². The summed E-state index contributed by atoms with van der Waals surface area (Å²) in [4.78, 5) is 27.1. The quantitative estimate of drug-likeness (QED) is 0.637. The van der Waals surface area contributed by atoms with Crippen LogP contribution in [0.1, 0.15) is 51.6 Å². The van der Waals surface area contributed by atoms with Crippen molar-refractivity contribution >= 4 is 11.9 Å². The Hall–Kier alpha value is -3.21. The highest BCUT2D eigenvalue weighted by Gasteiger charge is 2.53. The lowest BCUT2D eigenvalue weighted by molar-refractivity contribution is -0.138. The Morgan fingerprint density at radius 2 is 2.03 bits per heavy atom. The molecule has 1 atom stereocenters. The average Bonchev–Trinajstić information content (AvgIpc) is 3.52. The lowest BCUT2D eigenvalue weighted by Crippen LogP contribution is -2.42. The summed E-state index contributed by atoms with van der Waals surface area (Å²) in [6.07, 6.45) is 6.75. The zero-order chi connectivity index (χ0) is 23.0. The van der Waals surface area contributed by atoms with Crippen LogP contribution in [0.25, 0.3) is 5.82 Å². The number of hydrogen-bond acceptors (Lipinski definition) is 9. The predicted molar refractivity (Wildman–Crippen MR) is 116 cm³/mol. The number of likely N-dealkylation sites (tertiary alicyclic amines) is 1. The number of nitrogens with one attached hydrogen (secondary N) is 1. The third-order valence-corrected chi connectivity index (χ3v) is 7.22. The van der Waals surface area contributed by atoms with E-state index in [0.29, 0.717) is 17.4 Å². The van der Waals surface area contributed by atoms with Crippen LogP contribution in [0.2, 0.25) is 0 Å². The number of aromatic nitrogens is 6. The van der Waals surface area contributed by atoms with Crippen LogP contribution in [0, 0.1) is 5.41 Å². The van der Waals surface area contributed by atoms with Gasteiger partial charge in [0.2, 0.25) is 5.91 Å². The zero-order valence-electron chi connectivity index (χ0n) is 18.9. The number of ether oxygens (including phenoxy) is 1. The normalized spacial score (nSPS) is 27.6. The number of amides is 1. The molecule has 2 aromatic rings. The van der Waals surface area contributed by atoms with Crippen molar-refractivity contribution in [1.82, 2.24) is 40.6 Å². The minimum absolute atomic E-state index is 0.0938. The summed E-state index contributed by atoms with van der Waals surface area (Å²) in [6.45, 7) is 4.84. The molecule has 5 rings (SSSR count). The van der Waals surface area contributed by atoms with Crippen LogP contribution in [0.3, 0.4) is 0 Å². The molecule has 2 aliphatic heterocycles. The fourth-order valence-electron chi connectivity index (χ4n) is 5.38. The number of cyclic esters (lactones) is 1. The SMILES string of the molecule is CC1=C(N2C(=O)C3(CCC(NCCc4ccc(-n5cnnn5)nn4)CC3)CC2C)COC1=O. The van der Waals surface area contributed by atoms with Crippen molar-refractivity contribution < 1.29 is 14.3 Å². The van der Waals surface area contributed by atoms with Gasteiger partial charge in [0, 0.05) is 25.0 Å². The van der Waals surface area contributed by atoms with Crippen molar-refractivity contribution in [3.05, 3.63) is 35.4 Å². The van der Waals surface area contributed by atoms with Gasteiger partial charge in [-0.15, -0.1) is 10.2 Å². The number of nitrogens with zero attached hydrogens (tertiary/aromatic N) is 7. The van der Waals surface area contributed by atoms with Crippen LogP contribution in [-0.4, -0.2) is 72.4 Å². The molecule has 1 unspecified atom stereocenters. The van der Waals surface area contributed by atoms with Crippen molar-refractivity contribution in [2.24, 2.45) is 5.41 Å². The topological polar surface area (TPSA) is 128 Å². The Morgan fingerprint density at radius 1 is 1.21 bits per heavy atom. The van der Waals surface area contributed by atoms with Gasteiger partial charge in [-0.3, -0.25) is 4.79 Å². The number of esters is 1. The third-order valence-electron chi connectivity index (χ3n) is 7.22. The van der Waals surface area contributed by atoms with Gasteiger partial charge in [0.05, 0.1) is 22.4 Å². The van der Waals surface area contributed by atoms with Crippen molar-refractivity contribution in [2.45, 2.75) is 64.5 Å². The molecule has 2 fully saturated rings. The van der Waals surface area contributed by atoms with Gasteiger partial charge in [-0.25, -0.2) is 4.79 Å². The van der Waals surface area contributed by atoms with Gasteiger partial charge in [0.1, 0.15) is 12.9 Å². The Labute approximate surface area is 191 Å². The van der Waals surface area contributed by atoms with Crippen LogP contribution in [0.4, 0.5) is 0 Å². The first-order valence-corrected chi connectivity index (χ1v) is 11.5. The molecule has 11 heteroatoms. The number of hydrogen-bond donors (Lipinski definition) is 1. The fraction of sp³-hybridized carbons (Fsp3) is 0.591. The molecule has 1 saturated carbocycles. The largest absolute Gasteiger partial charge is 0.456 e. The van der Waals surface area contributed by atoms with E-state index in [9.17, 15) is 9.59 Å². The molecule has 174 valence electrons. The van der Waals surface area contributed by atoms with Gasteiger partial charge in [0.25, 0.3) is 0 Å². The summed E-state index contributed by atoms with van der Waals surface area (Å²) in [5.74, 6) is 0.436. The zero-order valence-corrected chi connectivity index (χ0v) is 18.9. The first kappa shape index (κ1) is 21.6. The summed E-state index contributed by atoms with van der Waals surface area (Å²) < 4.78 is 6.62. The minimum atomic E-state index is -0.311. The summed E-state index contributed by atoms with van der Waals surface area (Å²) >= 11 is 0. The average molecular weight is 453 g/mol. The smallest absolute Gasteiger partial charge is 0.336 e. The number of tetrazole rings is 1. The maximum Gasteiger partial charge on any atom is 0.336 e. The molecular weight excluding hydrogens is 424 g/mol. The summed E-state index contributed by atoms with van der Waals surface area (Å²) in [6, 6.07) is 4.26. The van der Waals surface area contributed by atoms with Crippen LogP contribution >= 0.6 is 0 Å². The van der Waals surface area contributed by atoms with Crippen LogP contribution in [-0.2, 0) is 20.7 Å². The van der Waals surface area contributed by atoms with E-state index in [0.717, 1.165) is 56.5 Å². The minimum Gasteiger partial charge on any atom is -0.456 e. The Morgan fingerprint density at radius 3 is 2.67 bits per heavy atom. The van der Waals surface area contributed by atoms with E-state index < -0.39 is 0 Å². The van der Waals surface area contributed by atoms with Gasteiger partial charge >= 0.3 is 5.97 Å². The summed E-state index contributed by atoms with van der Waals surface area (Å²) in [5, 5.41) is 23.0. The van der Waals surface area contributed by atoms with Crippen molar-refractivity contribution in [3.63, 3.8) is 0 Å². The highest BCUT2D eigenvalue weighted by molar-refractivity contribution is 5.94. The fourth-order valence-corrected chi connectivity index (χ4v) is 5.38. The molecule has 0 radical (unpaired) electrons. The van der Waals surface area contributed by atoms with E-state index in [-0.39, 0.29) is 29.9 Å². The molecule has 1 saturated heterocycles. The highest BCUT2D eigenvalue weighted by Crippen LogP contribution is 2.49. The van der Waals surface area contributed by atoms with Gasteiger partial charge in [-0.2, -0.15) is 9.78 Å². The van der Waals surface area contributed by atoms with Crippen molar-refractivity contribution in [2.75, 3.05) is 13.2 Å². The molecule has 33 heavy (non-hydrogen) atoms. The number of carbonyl (C=O) groups excluding carboxylic acids is 2. The molecule has 2 aromatic heterocycles. The Bertz CT molecular complexity index is 1060. The molecular formula is C22H28N8O3. The predicted octanol–water partition coefficient (Wildman–Crippen LogP) is 0.965. The molecule has 1 N–H and O–H groups in total. The second kappa shape index (κ2) is 8.62. The molecule has 1 spiro atoms. The van der Waals surface area contributed by atoms with Gasteiger partial charge in [0.15, 0.2) is 5.82 Å². The van der Waals surface area contributed by atoms with Gasteiger partial charge in [-0.1, -0.05) is 0 Å².